The molecule has 0 bridgehead atoms. The molecule has 1 aromatic heterocycles. The summed E-state index contributed by atoms with van der Waals surface area (Å²) in [6.07, 6.45) is 2.87. The van der Waals surface area contributed by atoms with Gasteiger partial charge in [-0.15, -0.1) is 0 Å². The van der Waals surface area contributed by atoms with Crippen molar-refractivity contribution in [2.24, 2.45) is 0 Å². The van der Waals surface area contributed by atoms with Gasteiger partial charge in [0.25, 0.3) is 0 Å². The lowest BCUT2D eigenvalue weighted by Crippen LogP contribution is -2.12. The highest BCUT2D eigenvalue weighted by molar-refractivity contribution is 5.90. The van der Waals surface area contributed by atoms with Crippen molar-refractivity contribution in [3.8, 4) is 0 Å². The second kappa shape index (κ2) is 6.70. The van der Waals surface area contributed by atoms with Crippen molar-refractivity contribution in [2.45, 2.75) is 19.8 Å². The van der Waals surface area contributed by atoms with E-state index in [2.05, 4.69) is 34.7 Å². The Labute approximate surface area is 119 Å². The Hall–Kier alpha value is -2.36. The topological polar surface area (TPSA) is 54.0 Å². The van der Waals surface area contributed by atoms with Crippen LogP contribution >= 0.6 is 0 Å². The highest BCUT2D eigenvalue weighted by atomic mass is 16.1. The predicted molar refractivity (Wildman–Crippen MR) is 81.9 cm³/mol. The molecule has 2 aromatic rings. The number of aromatic nitrogens is 1. The Morgan fingerprint density at radius 2 is 2.00 bits per heavy atom. The van der Waals surface area contributed by atoms with Crippen LogP contribution in [0.1, 0.15) is 17.5 Å². The smallest absolute Gasteiger partial charge is 0.224 e. The van der Waals surface area contributed by atoms with Gasteiger partial charge in [0.15, 0.2) is 0 Å². The summed E-state index contributed by atoms with van der Waals surface area (Å²) in [7, 11) is 1.81. The summed E-state index contributed by atoms with van der Waals surface area (Å²) in [5, 5.41) is 5.79. The van der Waals surface area contributed by atoms with Crippen LogP contribution in [0.4, 0.5) is 11.5 Å². The zero-order valence-electron chi connectivity index (χ0n) is 11.8. The molecule has 0 atom stereocenters. The number of benzene rings is 1. The molecule has 0 aliphatic rings. The lowest BCUT2D eigenvalue weighted by atomic mass is 10.0. The van der Waals surface area contributed by atoms with Gasteiger partial charge in [0.05, 0.1) is 11.9 Å². The number of aryl methyl sites for hydroxylation is 2. The van der Waals surface area contributed by atoms with Gasteiger partial charge in [0.2, 0.25) is 5.91 Å². The van der Waals surface area contributed by atoms with Crippen LogP contribution in [0.5, 0.6) is 0 Å². The van der Waals surface area contributed by atoms with E-state index in [1.54, 1.807) is 6.20 Å². The van der Waals surface area contributed by atoms with Gasteiger partial charge in [0.1, 0.15) is 5.82 Å². The minimum absolute atomic E-state index is 0.00672. The van der Waals surface area contributed by atoms with E-state index < -0.39 is 0 Å². The van der Waals surface area contributed by atoms with Gasteiger partial charge in [-0.2, -0.15) is 0 Å². The van der Waals surface area contributed by atoms with Crippen molar-refractivity contribution >= 4 is 17.4 Å². The molecule has 0 unspecified atom stereocenters. The van der Waals surface area contributed by atoms with E-state index in [1.165, 1.54) is 11.1 Å². The van der Waals surface area contributed by atoms with Gasteiger partial charge >= 0.3 is 0 Å². The van der Waals surface area contributed by atoms with Crippen LogP contribution in [-0.4, -0.2) is 17.9 Å². The molecule has 1 heterocycles. The minimum atomic E-state index is 0.00672. The maximum absolute atomic E-state index is 11.9. The lowest BCUT2D eigenvalue weighted by molar-refractivity contribution is -0.116. The highest BCUT2D eigenvalue weighted by Gasteiger charge is 2.05. The van der Waals surface area contributed by atoms with Crippen LogP contribution in [0.3, 0.4) is 0 Å². The SMILES string of the molecule is CNc1ccc(NC(=O)CCc2ccccc2C)cn1. The number of amides is 1. The summed E-state index contributed by atoms with van der Waals surface area (Å²) in [5.41, 5.74) is 3.16. The van der Waals surface area contributed by atoms with E-state index >= 15 is 0 Å². The van der Waals surface area contributed by atoms with Crippen molar-refractivity contribution in [1.82, 2.24) is 4.98 Å². The normalized spacial score (nSPS) is 10.1. The van der Waals surface area contributed by atoms with Gasteiger partial charge in [-0.3, -0.25) is 4.79 Å². The molecule has 2 N–H and O–H groups in total. The minimum Gasteiger partial charge on any atom is -0.373 e. The number of anilines is 2. The second-order valence-electron chi connectivity index (χ2n) is 4.66. The number of nitrogens with zero attached hydrogens (tertiary/aromatic N) is 1. The second-order valence-corrected chi connectivity index (χ2v) is 4.66. The van der Waals surface area contributed by atoms with Gasteiger partial charge in [0, 0.05) is 13.5 Å². The molecule has 0 radical (unpaired) electrons. The first kappa shape index (κ1) is 14.1. The maximum atomic E-state index is 11.9. The summed E-state index contributed by atoms with van der Waals surface area (Å²) >= 11 is 0. The van der Waals surface area contributed by atoms with E-state index in [9.17, 15) is 4.79 Å². The van der Waals surface area contributed by atoms with Crippen LogP contribution in [0.25, 0.3) is 0 Å². The molecule has 0 fully saturated rings. The van der Waals surface area contributed by atoms with Crippen LogP contribution in [-0.2, 0) is 11.2 Å². The number of hydrogen-bond acceptors (Lipinski definition) is 3. The first-order valence-corrected chi connectivity index (χ1v) is 6.67. The van der Waals surface area contributed by atoms with Crippen molar-refractivity contribution in [2.75, 3.05) is 17.7 Å². The lowest BCUT2D eigenvalue weighted by Gasteiger charge is -2.07. The van der Waals surface area contributed by atoms with Crippen LogP contribution in [0.2, 0.25) is 0 Å². The summed E-state index contributed by atoms with van der Waals surface area (Å²) < 4.78 is 0. The van der Waals surface area contributed by atoms with Crippen molar-refractivity contribution in [1.29, 1.82) is 0 Å². The number of nitrogens with one attached hydrogen (secondary N) is 2. The molecule has 4 heteroatoms. The molecule has 0 saturated carbocycles. The Bertz CT molecular complexity index is 579. The number of rotatable bonds is 5. The molecule has 1 aromatic carbocycles. The summed E-state index contributed by atoms with van der Waals surface area (Å²) in [6, 6.07) is 11.8. The van der Waals surface area contributed by atoms with Gasteiger partial charge < -0.3 is 10.6 Å². The Kier molecular flexibility index (Phi) is 4.71. The Morgan fingerprint density at radius 1 is 1.20 bits per heavy atom. The summed E-state index contributed by atoms with van der Waals surface area (Å²) in [5.74, 6) is 0.787. The largest absolute Gasteiger partial charge is 0.373 e. The third-order valence-electron chi connectivity index (χ3n) is 3.19. The fraction of sp³-hybridized carbons (Fsp3) is 0.250. The average molecular weight is 269 g/mol. The molecule has 104 valence electrons. The van der Waals surface area contributed by atoms with Crippen LogP contribution in [0.15, 0.2) is 42.6 Å². The molecule has 0 aliphatic heterocycles. The van der Waals surface area contributed by atoms with E-state index in [0.29, 0.717) is 6.42 Å². The monoisotopic (exact) mass is 269 g/mol. The first-order chi connectivity index (χ1) is 9.69. The number of hydrogen-bond donors (Lipinski definition) is 2. The van der Waals surface area contributed by atoms with Gasteiger partial charge in [-0.05, 0) is 36.6 Å². The van der Waals surface area contributed by atoms with Crippen molar-refractivity contribution < 1.29 is 4.79 Å². The highest BCUT2D eigenvalue weighted by Crippen LogP contribution is 2.12. The average Bonchev–Trinajstić information content (AvgIpc) is 2.47. The summed E-state index contributed by atoms with van der Waals surface area (Å²) in [6.45, 7) is 2.06. The molecule has 4 nitrogen and oxygen atoms in total. The molecule has 0 aliphatic carbocycles. The van der Waals surface area contributed by atoms with Crippen LogP contribution in [0, 0.1) is 6.92 Å². The Balaban J connectivity index is 1.87. The number of carbonyl (C=O) groups excluding carboxylic acids is 1. The quantitative estimate of drug-likeness (QED) is 0.877. The van der Waals surface area contributed by atoms with Crippen molar-refractivity contribution in [3.63, 3.8) is 0 Å². The third kappa shape index (κ3) is 3.82. The molecule has 20 heavy (non-hydrogen) atoms. The number of pyridine rings is 1. The zero-order valence-corrected chi connectivity index (χ0v) is 11.8. The molecule has 1 amide bonds. The maximum Gasteiger partial charge on any atom is 0.224 e. The first-order valence-electron chi connectivity index (χ1n) is 6.67. The van der Waals surface area contributed by atoms with E-state index in [0.717, 1.165) is 17.9 Å². The molecule has 0 spiro atoms. The van der Waals surface area contributed by atoms with E-state index in [-0.39, 0.29) is 5.91 Å². The molecular formula is C16H19N3O. The molecule has 0 saturated heterocycles. The standard InChI is InChI=1S/C16H19N3O/c1-12-5-3-4-6-13(12)7-10-16(20)19-14-8-9-15(17-2)18-11-14/h3-6,8-9,11H,7,10H2,1-2H3,(H,17,18)(H,19,20). The fourth-order valence-electron chi connectivity index (χ4n) is 1.98. The number of carbonyl (C=O) groups is 1. The molecule has 2 rings (SSSR count). The Morgan fingerprint density at radius 3 is 2.65 bits per heavy atom. The van der Waals surface area contributed by atoms with E-state index in [1.807, 2.05) is 31.3 Å². The van der Waals surface area contributed by atoms with Gasteiger partial charge in [-0.1, -0.05) is 24.3 Å². The van der Waals surface area contributed by atoms with Gasteiger partial charge in [-0.25, -0.2) is 4.98 Å². The fourth-order valence-corrected chi connectivity index (χ4v) is 1.98. The zero-order chi connectivity index (χ0) is 14.4. The van der Waals surface area contributed by atoms with Crippen LogP contribution < -0.4 is 10.6 Å². The molecular weight excluding hydrogens is 250 g/mol. The predicted octanol–water partition coefficient (Wildman–Crippen LogP) is 3.00. The van der Waals surface area contributed by atoms with E-state index in [4.69, 9.17) is 0 Å². The third-order valence-corrected chi connectivity index (χ3v) is 3.19. The summed E-state index contributed by atoms with van der Waals surface area (Å²) in [4.78, 5) is 16.1. The van der Waals surface area contributed by atoms with Crippen molar-refractivity contribution in [3.05, 3.63) is 53.7 Å².